The highest BCUT2D eigenvalue weighted by molar-refractivity contribution is 5.93. The van der Waals surface area contributed by atoms with Gasteiger partial charge in [-0.1, -0.05) is 12.1 Å². The lowest BCUT2D eigenvalue weighted by atomic mass is 10.1. The van der Waals surface area contributed by atoms with Crippen LogP contribution in [-0.4, -0.2) is 11.7 Å². The molecule has 0 fully saturated rings. The van der Waals surface area contributed by atoms with Crippen LogP contribution in [-0.2, 0) is 7.05 Å². The summed E-state index contributed by atoms with van der Waals surface area (Å²) in [5, 5.41) is 2.35. The SMILES string of the molecule is COc1ccc2cc(-c3c(C)c4ccc(C)cc4n3C)oc2c1. The molecule has 0 bridgehead atoms. The average Bonchev–Trinajstić information content (AvgIpc) is 3.06. The lowest BCUT2D eigenvalue weighted by Crippen LogP contribution is -1.91. The molecule has 2 heterocycles. The zero-order chi connectivity index (χ0) is 16.1. The highest BCUT2D eigenvalue weighted by Crippen LogP contribution is 2.36. The lowest BCUT2D eigenvalue weighted by molar-refractivity contribution is 0.414. The van der Waals surface area contributed by atoms with E-state index in [-0.39, 0.29) is 0 Å². The minimum absolute atomic E-state index is 0.808. The van der Waals surface area contributed by atoms with Gasteiger partial charge in [-0.2, -0.15) is 0 Å². The third kappa shape index (κ3) is 2.04. The molecule has 0 spiro atoms. The van der Waals surface area contributed by atoms with Gasteiger partial charge < -0.3 is 13.7 Å². The molecule has 2 aromatic carbocycles. The monoisotopic (exact) mass is 305 g/mol. The molecule has 0 saturated heterocycles. The number of methoxy groups -OCH3 is 1. The molecule has 0 aliphatic heterocycles. The van der Waals surface area contributed by atoms with E-state index in [4.69, 9.17) is 9.15 Å². The third-order valence-corrected chi connectivity index (χ3v) is 4.57. The molecular formula is C20H19NO2. The fraction of sp³-hybridized carbons (Fsp3) is 0.200. The number of hydrogen-bond acceptors (Lipinski definition) is 2. The summed E-state index contributed by atoms with van der Waals surface area (Å²) in [4.78, 5) is 0. The van der Waals surface area contributed by atoms with Crippen LogP contribution in [0.4, 0.5) is 0 Å². The van der Waals surface area contributed by atoms with E-state index in [0.29, 0.717) is 0 Å². The fourth-order valence-corrected chi connectivity index (χ4v) is 3.34. The van der Waals surface area contributed by atoms with Gasteiger partial charge in [0.05, 0.1) is 12.8 Å². The van der Waals surface area contributed by atoms with Gasteiger partial charge in [-0.25, -0.2) is 0 Å². The average molecular weight is 305 g/mol. The standard InChI is InChI=1S/C20H19NO2/c1-12-5-8-16-13(2)20(21(3)17(16)9-12)19-10-14-6-7-15(22-4)11-18(14)23-19/h5-11H,1-4H3. The number of nitrogens with zero attached hydrogens (tertiary/aromatic N) is 1. The summed E-state index contributed by atoms with van der Waals surface area (Å²) in [6, 6.07) is 14.6. The Labute approximate surface area is 135 Å². The number of hydrogen-bond donors (Lipinski definition) is 0. The molecule has 0 aliphatic rings. The molecule has 4 aromatic rings. The molecular weight excluding hydrogens is 286 g/mol. The van der Waals surface area contributed by atoms with Crippen molar-refractivity contribution in [3.63, 3.8) is 0 Å². The van der Waals surface area contributed by atoms with E-state index in [1.165, 1.54) is 22.0 Å². The Hall–Kier alpha value is -2.68. The van der Waals surface area contributed by atoms with Crippen LogP contribution in [0.2, 0.25) is 0 Å². The van der Waals surface area contributed by atoms with Crippen LogP contribution in [0.15, 0.2) is 46.9 Å². The van der Waals surface area contributed by atoms with E-state index in [1.807, 2.05) is 18.2 Å². The Bertz CT molecular complexity index is 1040. The molecule has 4 rings (SSSR count). The zero-order valence-electron chi connectivity index (χ0n) is 13.8. The maximum atomic E-state index is 6.12. The van der Waals surface area contributed by atoms with Gasteiger partial charge in [0.15, 0.2) is 5.76 Å². The van der Waals surface area contributed by atoms with Crippen LogP contribution in [0.1, 0.15) is 11.1 Å². The smallest absolute Gasteiger partial charge is 0.152 e. The summed E-state index contributed by atoms with van der Waals surface area (Å²) in [6.45, 7) is 4.27. The number of rotatable bonds is 2. The second-order valence-corrected chi connectivity index (χ2v) is 6.07. The number of fused-ring (bicyclic) bond motifs is 2. The maximum absolute atomic E-state index is 6.12. The molecule has 0 aliphatic carbocycles. The number of aryl methyl sites for hydroxylation is 3. The van der Waals surface area contributed by atoms with Crippen molar-refractivity contribution in [2.75, 3.05) is 7.11 Å². The lowest BCUT2D eigenvalue weighted by Gasteiger charge is -2.02. The largest absolute Gasteiger partial charge is 0.497 e. The highest BCUT2D eigenvalue weighted by Gasteiger charge is 2.17. The molecule has 116 valence electrons. The first-order valence-electron chi connectivity index (χ1n) is 7.72. The zero-order valence-corrected chi connectivity index (χ0v) is 13.8. The minimum atomic E-state index is 0.808. The predicted octanol–water partition coefficient (Wildman–Crippen LogP) is 5.22. The summed E-state index contributed by atoms with van der Waals surface area (Å²) in [5.74, 6) is 1.70. The van der Waals surface area contributed by atoms with Crippen molar-refractivity contribution in [3.05, 3.63) is 53.6 Å². The summed E-state index contributed by atoms with van der Waals surface area (Å²) >= 11 is 0. The van der Waals surface area contributed by atoms with Gasteiger partial charge in [-0.15, -0.1) is 0 Å². The Morgan fingerprint density at radius 1 is 1.00 bits per heavy atom. The molecule has 0 unspecified atom stereocenters. The van der Waals surface area contributed by atoms with E-state index in [2.05, 4.69) is 49.7 Å². The van der Waals surface area contributed by atoms with Crippen LogP contribution in [0, 0.1) is 13.8 Å². The fourth-order valence-electron chi connectivity index (χ4n) is 3.34. The summed E-state index contributed by atoms with van der Waals surface area (Å²) in [5.41, 5.74) is 5.71. The molecule has 3 heteroatoms. The van der Waals surface area contributed by atoms with Crippen molar-refractivity contribution in [3.8, 4) is 17.2 Å². The summed E-state index contributed by atoms with van der Waals surface area (Å²) in [6.07, 6.45) is 0. The van der Waals surface area contributed by atoms with E-state index in [9.17, 15) is 0 Å². The first-order valence-corrected chi connectivity index (χ1v) is 7.72. The van der Waals surface area contributed by atoms with Crippen molar-refractivity contribution < 1.29 is 9.15 Å². The van der Waals surface area contributed by atoms with Gasteiger partial charge in [-0.05, 0) is 49.2 Å². The summed E-state index contributed by atoms with van der Waals surface area (Å²) in [7, 11) is 3.76. The topological polar surface area (TPSA) is 27.3 Å². The van der Waals surface area contributed by atoms with Crippen molar-refractivity contribution >= 4 is 21.9 Å². The molecule has 2 aromatic heterocycles. The van der Waals surface area contributed by atoms with Crippen LogP contribution in [0.3, 0.4) is 0 Å². The van der Waals surface area contributed by atoms with E-state index < -0.39 is 0 Å². The van der Waals surface area contributed by atoms with Gasteiger partial charge in [0.1, 0.15) is 11.3 Å². The third-order valence-electron chi connectivity index (χ3n) is 4.57. The van der Waals surface area contributed by atoms with E-state index >= 15 is 0 Å². The first-order chi connectivity index (χ1) is 11.1. The van der Waals surface area contributed by atoms with Gasteiger partial charge >= 0.3 is 0 Å². The van der Waals surface area contributed by atoms with E-state index in [0.717, 1.165) is 28.2 Å². The van der Waals surface area contributed by atoms with Crippen LogP contribution < -0.4 is 4.74 Å². The Morgan fingerprint density at radius 3 is 2.61 bits per heavy atom. The molecule has 0 radical (unpaired) electrons. The maximum Gasteiger partial charge on any atom is 0.152 e. The van der Waals surface area contributed by atoms with Gasteiger partial charge in [-0.3, -0.25) is 0 Å². The quantitative estimate of drug-likeness (QED) is 0.508. The number of furan rings is 1. The number of ether oxygens (including phenoxy) is 1. The number of benzene rings is 2. The Morgan fingerprint density at radius 2 is 1.83 bits per heavy atom. The van der Waals surface area contributed by atoms with Crippen LogP contribution in [0.25, 0.3) is 33.3 Å². The molecule has 23 heavy (non-hydrogen) atoms. The molecule has 0 atom stereocenters. The van der Waals surface area contributed by atoms with Gasteiger partial charge in [0.2, 0.25) is 0 Å². The van der Waals surface area contributed by atoms with Crippen LogP contribution in [0.5, 0.6) is 5.75 Å². The highest BCUT2D eigenvalue weighted by atomic mass is 16.5. The van der Waals surface area contributed by atoms with Gasteiger partial charge in [0, 0.05) is 29.4 Å². The van der Waals surface area contributed by atoms with Crippen molar-refractivity contribution in [2.24, 2.45) is 7.05 Å². The minimum Gasteiger partial charge on any atom is -0.497 e. The Kier molecular flexibility index (Phi) is 2.98. The first kappa shape index (κ1) is 13.9. The predicted molar refractivity (Wildman–Crippen MR) is 94.2 cm³/mol. The van der Waals surface area contributed by atoms with Crippen molar-refractivity contribution in [1.82, 2.24) is 4.57 Å². The molecule has 0 amide bonds. The Balaban J connectivity index is 1.98. The van der Waals surface area contributed by atoms with Crippen LogP contribution >= 0.6 is 0 Å². The van der Waals surface area contributed by atoms with Gasteiger partial charge in [0.25, 0.3) is 0 Å². The van der Waals surface area contributed by atoms with Crippen molar-refractivity contribution in [2.45, 2.75) is 13.8 Å². The van der Waals surface area contributed by atoms with Crippen molar-refractivity contribution in [1.29, 1.82) is 0 Å². The molecule has 0 N–H and O–H groups in total. The second kappa shape index (κ2) is 4.92. The normalized spacial score (nSPS) is 11.5. The second-order valence-electron chi connectivity index (χ2n) is 6.07. The van der Waals surface area contributed by atoms with E-state index in [1.54, 1.807) is 7.11 Å². The number of aromatic nitrogens is 1. The molecule has 0 saturated carbocycles. The molecule has 3 nitrogen and oxygen atoms in total. The summed E-state index contributed by atoms with van der Waals surface area (Å²) < 4.78 is 13.6.